The van der Waals surface area contributed by atoms with Gasteiger partial charge in [0, 0.05) is 24.7 Å². The first kappa shape index (κ1) is 21.8. The van der Waals surface area contributed by atoms with Crippen LogP contribution in [-0.2, 0) is 11.3 Å². The van der Waals surface area contributed by atoms with Gasteiger partial charge in [-0.15, -0.1) is 0 Å². The van der Waals surface area contributed by atoms with Crippen molar-refractivity contribution in [2.45, 2.75) is 70.5 Å². The molecule has 0 bridgehead atoms. The SMILES string of the molecule is CC1CCC(NC(=O)C2(C)Cn3c(cc4occc43)C(=O)N2CC(C)c2ccccc2)CC1. The molecule has 2 atom stereocenters. The molecule has 1 fully saturated rings. The Bertz CT molecular complexity index is 1160. The number of hydrogen-bond donors (Lipinski definition) is 1. The standard InChI is InChI=1S/C27H33N3O3/c1-18-9-11-21(12-10-18)28-26(32)27(3)17-29-22-13-14-33-24(22)15-23(29)25(31)30(27)16-19(2)20-7-5-4-6-8-20/h4-8,13-15,18-19,21H,9-12,16-17H2,1-3H3,(H,28,32). The van der Waals surface area contributed by atoms with E-state index in [1.165, 1.54) is 0 Å². The lowest BCUT2D eigenvalue weighted by Crippen LogP contribution is -2.65. The molecule has 2 aromatic heterocycles. The van der Waals surface area contributed by atoms with E-state index in [1.807, 2.05) is 35.8 Å². The van der Waals surface area contributed by atoms with Crippen molar-refractivity contribution >= 4 is 22.9 Å². The summed E-state index contributed by atoms with van der Waals surface area (Å²) in [6.07, 6.45) is 5.89. The Balaban J connectivity index is 1.48. The predicted octanol–water partition coefficient (Wildman–Crippen LogP) is 4.95. The van der Waals surface area contributed by atoms with Crippen molar-refractivity contribution in [2.75, 3.05) is 6.54 Å². The zero-order chi connectivity index (χ0) is 23.2. The molecule has 1 aromatic carbocycles. The van der Waals surface area contributed by atoms with Gasteiger partial charge in [0.05, 0.1) is 18.3 Å². The monoisotopic (exact) mass is 447 g/mol. The van der Waals surface area contributed by atoms with Crippen molar-refractivity contribution in [3.63, 3.8) is 0 Å². The van der Waals surface area contributed by atoms with Gasteiger partial charge in [-0.05, 0) is 50.0 Å². The van der Waals surface area contributed by atoms with Gasteiger partial charge in [-0.3, -0.25) is 9.59 Å². The lowest BCUT2D eigenvalue weighted by Gasteiger charge is -2.45. The molecule has 0 spiro atoms. The summed E-state index contributed by atoms with van der Waals surface area (Å²) in [6.45, 7) is 7.19. The van der Waals surface area contributed by atoms with Crippen LogP contribution >= 0.6 is 0 Å². The number of amides is 2. The highest BCUT2D eigenvalue weighted by Gasteiger charge is 2.48. The lowest BCUT2D eigenvalue weighted by molar-refractivity contribution is -0.134. The highest BCUT2D eigenvalue weighted by Crippen LogP contribution is 2.35. The molecule has 2 unspecified atom stereocenters. The van der Waals surface area contributed by atoms with Crippen molar-refractivity contribution in [3.05, 3.63) is 60.0 Å². The van der Waals surface area contributed by atoms with E-state index in [1.54, 1.807) is 17.2 Å². The summed E-state index contributed by atoms with van der Waals surface area (Å²) in [5, 5.41) is 3.31. The third-order valence-corrected chi connectivity index (χ3v) is 7.71. The Morgan fingerprint density at radius 2 is 1.91 bits per heavy atom. The van der Waals surface area contributed by atoms with Crippen molar-refractivity contribution < 1.29 is 14.0 Å². The summed E-state index contributed by atoms with van der Waals surface area (Å²) in [7, 11) is 0. The first-order valence-corrected chi connectivity index (χ1v) is 12.1. The number of rotatable bonds is 5. The molecule has 2 amide bonds. The molecular weight excluding hydrogens is 414 g/mol. The van der Waals surface area contributed by atoms with Gasteiger partial charge in [-0.25, -0.2) is 0 Å². The number of benzene rings is 1. The molecule has 5 rings (SSSR count). The first-order chi connectivity index (χ1) is 15.9. The fraction of sp³-hybridized carbons (Fsp3) is 0.481. The normalized spacial score (nSPS) is 26.3. The van der Waals surface area contributed by atoms with Crippen LogP contribution in [0.4, 0.5) is 0 Å². The molecule has 1 saturated carbocycles. The average Bonchev–Trinajstić information content (AvgIpc) is 3.41. The van der Waals surface area contributed by atoms with Crippen molar-refractivity contribution in [1.82, 2.24) is 14.8 Å². The largest absolute Gasteiger partial charge is 0.463 e. The zero-order valence-electron chi connectivity index (χ0n) is 19.7. The third kappa shape index (κ3) is 3.85. The van der Waals surface area contributed by atoms with E-state index >= 15 is 0 Å². The number of aromatic nitrogens is 1. The summed E-state index contributed by atoms with van der Waals surface area (Å²) in [5.74, 6) is 0.629. The van der Waals surface area contributed by atoms with Crippen molar-refractivity contribution in [3.8, 4) is 0 Å². The molecule has 33 heavy (non-hydrogen) atoms. The van der Waals surface area contributed by atoms with Crippen LogP contribution in [0.1, 0.15) is 68.4 Å². The van der Waals surface area contributed by atoms with Crippen LogP contribution in [0.25, 0.3) is 11.1 Å². The Hall–Kier alpha value is -3.02. The van der Waals surface area contributed by atoms with E-state index in [-0.39, 0.29) is 23.8 Å². The van der Waals surface area contributed by atoms with Gasteiger partial charge in [-0.2, -0.15) is 0 Å². The Labute approximate surface area is 194 Å². The van der Waals surface area contributed by atoms with Gasteiger partial charge in [0.2, 0.25) is 5.91 Å². The van der Waals surface area contributed by atoms with E-state index < -0.39 is 5.54 Å². The number of nitrogens with one attached hydrogen (secondary N) is 1. The maximum Gasteiger partial charge on any atom is 0.271 e. The smallest absolute Gasteiger partial charge is 0.271 e. The molecular formula is C27H33N3O3. The van der Waals surface area contributed by atoms with Gasteiger partial charge < -0.3 is 19.2 Å². The number of carbonyl (C=O) groups is 2. The summed E-state index contributed by atoms with van der Waals surface area (Å²) >= 11 is 0. The maximum absolute atomic E-state index is 13.8. The molecule has 0 saturated heterocycles. The topological polar surface area (TPSA) is 67.5 Å². The second-order valence-electron chi connectivity index (χ2n) is 10.2. The molecule has 0 radical (unpaired) electrons. The Morgan fingerprint density at radius 3 is 2.64 bits per heavy atom. The van der Waals surface area contributed by atoms with Crippen LogP contribution in [0.3, 0.4) is 0 Å². The van der Waals surface area contributed by atoms with Crippen LogP contribution in [0, 0.1) is 5.92 Å². The Kier molecular flexibility index (Phi) is 5.55. The lowest BCUT2D eigenvalue weighted by atomic mass is 9.86. The molecule has 1 N–H and O–H groups in total. The van der Waals surface area contributed by atoms with Crippen molar-refractivity contribution in [2.24, 2.45) is 5.92 Å². The van der Waals surface area contributed by atoms with Gasteiger partial charge >= 0.3 is 0 Å². The zero-order valence-corrected chi connectivity index (χ0v) is 19.7. The summed E-state index contributed by atoms with van der Waals surface area (Å²) in [6, 6.07) is 14.0. The summed E-state index contributed by atoms with van der Waals surface area (Å²) in [5.41, 5.74) is 2.30. The second-order valence-corrected chi connectivity index (χ2v) is 10.2. The van der Waals surface area contributed by atoms with Gasteiger partial charge in [0.25, 0.3) is 5.91 Å². The number of hydrogen-bond acceptors (Lipinski definition) is 3. The maximum atomic E-state index is 13.8. The van der Waals surface area contributed by atoms with Crippen LogP contribution < -0.4 is 5.32 Å². The van der Waals surface area contributed by atoms with E-state index in [0.29, 0.717) is 30.3 Å². The van der Waals surface area contributed by atoms with Crippen LogP contribution in [-0.4, -0.2) is 39.4 Å². The van der Waals surface area contributed by atoms with Gasteiger partial charge in [0.1, 0.15) is 11.2 Å². The summed E-state index contributed by atoms with van der Waals surface area (Å²) < 4.78 is 7.52. The fourth-order valence-corrected chi connectivity index (χ4v) is 5.47. The minimum absolute atomic E-state index is 0.0633. The molecule has 1 aliphatic carbocycles. The van der Waals surface area contributed by atoms with Crippen LogP contribution in [0.15, 0.2) is 53.1 Å². The number of nitrogens with zero attached hydrogens (tertiary/aromatic N) is 2. The quantitative estimate of drug-likeness (QED) is 0.602. The van der Waals surface area contributed by atoms with Gasteiger partial charge in [-0.1, -0.05) is 44.2 Å². The van der Waals surface area contributed by atoms with Crippen LogP contribution in [0.2, 0.25) is 0 Å². The van der Waals surface area contributed by atoms with E-state index in [4.69, 9.17) is 4.42 Å². The molecule has 3 heterocycles. The first-order valence-electron chi connectivity index (χ1n) is 12.1. The van der Waals surface area contributed by atoms with E-state index in [0.717, 1.165) is 36.8 Å². The van der Waals surface area contributed by atoms with Gasteiger partial charge in [0.15, 0.2) is 5.58 Å². The van der Waals surface area contributed by atoms with E-state index in [9.17, 15) is 9.59 Å². The molecule has 174 valence electrons. The molecule has 1 aliphatic heterocycles. The van der Waals surface area contributed by atoms with Crippen molar-refractivity contribution in [1.29, 1.82) is 0 Å². The number of fused-ring (bicyclic) bond motifs is 3. The molecule has 6 nitrogen and oxygen atoms in total. The second kappa shape index (κ2) is 8.40. The summed E-state index contributed by atoms with van der Waals surface area (Å²) in [4.78, 5) is 29.4. The minimum atomic E-state index is -0.987. The number of furan rings is 1. The molecule has 6 heteroatoms. The molecule has 2 aliphatic rings. The number of carbonyl (C=O) groups excluding carboxylic acids is 2. The van der Waals surface area contributed by atoms with E-state index in [2.05, 4.69) is 31.3 Å². The third-order valence-electron chi connectivity index (χ3n) is 7.71. The fourth-order valence-electron chi connectivity index (χ4n) is 5.47. The minimum Gasteiger partial charge on any atom is -0.463 e. The predicted molar refractivity (Wildman–Crippen MR) is 128 cm³/mol. The Morgan fingerprint density at radius 1 is 1.18 bits per heavy atom. The highest BCUT2D eigenvalue weighted by molar-refractivity contribution is 6.03. The molecule has 3 aromatic rings. The van der Waals surface area contributed by atoms with Crippen LogP contribution in [0.5, 0.6) is 0 Å². The average molecular weight is 448 g/mol. The highest BCUT2D eigenvalue weighted by atomic mass is 16.3.